The van der Waals surface area contributed by atoms with Crippen molar-refractivity contribution in [3.63, 3.8) is 0 Å². The van der Waals surface area contributed by atoms with Crippen LogP contribution in [0.5, 0.6) is 0 Å². The van der Waals surface area contributed by atoms with Crippen LogP contribution < -0.4 is 5.73 Å². The molecule has 0 saturated heterocycles. The van der Waals surface area contributed by atoms with Crippen LogP contribution in [-0.4, -0.2) is 26.3 Å². The molecule has 1 unspecified atom stereocenters. The van der Waals surface area contributed by atoms with Gasteiger partial charge in [0.2, 0.25) is 5.95 Å². The van der Waals surface area contributed by atoms with Gasteiger partial charge in [0.05, 0.1) is 0 Å². The van der Waals surface area contributed by atoms with Gasteiger partial charge >= 0.3 is 5.97 Å². The number of nitrogens with two attached hydrogens (primary N) is 1. The lowest BCUT2D eigenvalue weighted by Gasteiger charge is -1.97. The number of nitrogen functional groups attached to an aromatic ring is 1. The first-order valence-corrected chi connectivity index (χ1v) is 3.21. The van der Waals surface area contributed by atoms with Gasteiger partial charge in [-0.3, -0.25) is 9.89 Å². The smallest absolute Gasteiger partial charge is 0.324 e. The van der Waals surface area contributed by atoms with Crippen molar-refractivity contribution in [2.45, 2.75) is 5.25 Å². The van der Waals surface area contributed by atoms with E-state index >= 15 is 0 Å². The van der Waals surface area contributed by atoms with Gasteiger partial charge in [0.25, 0.3) is 0 Å². The quantitative estimate of drug-likeness (QED) is 0.450. The first-order valence-electron chi connectivity index (χ1n) is 2.70. The molecule has 4 N–H and O–H groups in total. The molecule has 6 nitrogen and oxygen atoms in total. The number of carboxylic acid groups (broad SMARTS) is 1. The Balaban J connectivity index is 2.84. The summed E-state index contributed by atoms with van der Waals surface area (Å²) in [4.78, 5) is 13.9. The minimum atomic E-state index is -1.09. The number of hydrogen-bond acceptors (Lipinski definition) is 5. The molecule has 0 aliphatic heterocycles. The molecule has 1 aromatic heterocycles. The van der Waals surface area contributed by atoms with E-state index in [2.05, 4.69) is 27.8 Å². The standard InChI is InChI=1S/C4H6N4O2S/c5-4-6-2(7-8-4)1(11)3(9)10/h1,11H,(H,9,10)(H3,5,6,7,8). The second-order valence-corrected chi connectivity index (χ2v) is 2.34. The van der Waals surface area contributed by atoms with Gasteiger partial charge in [-0.15, -0.1) is 5.10 Å². The number of carbonyl (C=O) groups is 1. The Labute approximate surface area is 67.2 Å². The van der Waals surface area contributed by atoms with Crippen molar-refractivity contribution >= 4 is 24.5 Å². The number of nitrogens with zero attached hydrogens (tertiary/aromatic N) is 2. The zero-order chi connectivity index (χ0) is 8.43. The van der Waals surface area contributed by atoms with Crippen LogP contribution in [0.15, 0.2) is 0 Å². The highest BCUT2D eigenvalue weighted by Crippen LogP contribution is 2.15. The third-order valence-electron chi connectivity index (χ3n) is 1.01. The lowest BCUT2D eigenvalue weighted by molar-refractivity contribution is -0.136. The molecule has 0 fully saturated rings. The normalized spacial score (nSPS) is 12.8. The molecule has 0 aromatic carbocycles. The van der Waals surface area contributed by atoms with Gasteiger partial charge in [-0.1, -0.05) is 0 Å². The van der Waals surface area contributed by atoms with Crippen LogP contribution in [0.4, 0.5) is 5.95 Å². The third kappa shape index (κ3) is 1.61. The zero-order valence-electron chi connectivity index (χ0n) is 5.35. The average Bonchev–Trinajstić information content (AvgIpc) is 2.34. The lowest BCUT2D eigenvalue weighted by atomic mass is 10.4. The molecule has 0 bridgehead atoms. The van der Waals surface area contributed by atoms with Crippen molar-refractivity contribution in [1.29, 1.82) is 0 Å². The van der Waals surface area contributed by atoms with Crippen molar-refractivity contribution in [2.75, 3.05) is 5.73 Å². The fourth-order valence-electron chi connectivity index (χ4n) is 0.527. The summed E-state index contributed by atoms with van der Waals surface area (Å²) in [6.07, 6.45) is 0. The number of nitrogens with one attached hydrogen (secondary N) is 1. The van der Waals surface area contributed by atoms with Gasteiger partial charge < -0.3 is 10.8 Å². The number of thiol groups is 1. The highest BCUT2D eigenvalue weighted by Gasteiger charge is 2.18. The predicted octanol–water partition coefficient (Wildman–Crippen LogP) is -0.558. The SMILES string of the molecule is Nc1n[nH]c(C(S)C(=O)O)n1. The van der Waals surface area contributed by atoms with E-state index < -0.39 is 11.2 Å². The van der Waals surface area contributed by atoms with Crippen molar-refractivity contribution in [3.05, 3.63) is 5.82 Å². The van der Waals surface area contributed by atoms with Gasteiger partial charge in [-0.25, -0.2) is 0 Å². The summed E-state index contributed by atoms with van der Waals surface area (Å²) in [5, 5.41) is 13.2. The van der Waals surface area contributed by atoms with E-state index in [0.29, 0.717) is 0 Å². The Morgan fingerprint density at radius 3 is 2.82 bits per heavy atom. The molecule has 60 valence electrons. The maximum Gasteiger partial charge on any atom is 0.324 e. The number of rotatable bonds is 2. The second kappa shape index (κ2) is 2.79. The van der Waals surface area contributed by atoms with Gasteiger partial charge in [0, 0.05) is 0 Å². The van der Waals surface area contributed by atoms with Crippen molar-refractivity contribution in [2.24, 2.45) is 0 Å². The molecule has 1 rings (SSSR count). The van der Waals surface area contributed by atoms with E-state index in [1.54, 1.807) is 0 Å². The molecule has 1 atom stereocenters. The van der Waals surface area contributed by atoms with Crippen LogP contribution in [0.3, 0.4) is 0 Å². The number of aromatic amines is 1. The summed E-state index contributed by atoms with van der Waals surface area (Å²) in [7, 11) is 0. The predicted molar refractivity (Wildman–Crippen MR) is 40.2 cm³/mol. The van der Waals surface area contributed by atoms with Crippen LogP contribution in [0.2, 0.25) is 0 Å². The van der Waals surface area contributed by atoms with Crippen LogP contribution in [0.25, 0.3) is 0 Å². The largest absolute Gasteiger partial charge is 0.480 e. The molecule has 0 radical (unpaired) electrons. The Kier molecular flexibility index (Phi) is 1.99. The molecular formula is C4H6N4O2S. The molecule has 0 aliphatic carbocycles. The van der Waals surface area contributed by atoms with E-state index in [4.69, 9.17) is 10.8 Å². The third-order valence-corrected chi connectivity index (χ3v) is 1.48. The molecule has 0 aliphatic rings. The fraction of sp³-hybridized carbons (Fsp3) is 0.250. The van der Waals surface area contributed by atoms with Crippen LogP contribution in [0.1, 0.15) is 11.1 Å². The molecule has 1 aromatic rings. The topological polar surface area (TPSA) is 105 Å². The Morgan fingerprint density at radius 2 is 2.45 bits per heavy atom. The fourth-order valence-corrected chi connectivity index (χ4v) is 0.643. The summed E-state index contributed by atoms with van der Waals surface area (Å²) in [6.45, 7) is 0. The van der Waals surface area contributed by atoms with Crippen molar-refractivity contribution in [1.82, 2.24) is 15.2 Å². The summed E-state index contributed by atoms with van der Waals surface area (Å²) in [5.41, 5.74) is 5.14. The molecule has 11 heavy (non-hydrogen) atoms. The van der Waals surface area contributed by atoms with Gasteiger partial charge in [-0.05, 0) is 0 Å². The first-order chi connectivity index (χ1) is 5.11. The van der Waals surface area contributed by atoms with Crippen molar-refractivity contribution in [3.8, 4) is 0 Å². The van der Waals surface area contributed by atoms with E-state index in [-0.39, 0.29) is 11.8 Å². The summed E-state index contributed by atoms with van der Waals surface area (Å²) >= 11 is 3.74. The number of aromatic nitrogens is 3. The molecule has 1 heterocycles. The average molecular weight is 174 g/mol. The Morgan fingerprint density at radius 1 is 1.82 bits per heavy atom. The van der Waals surface area contributed by atoms with Crippen molar-refractivity contribution < 1.29 is 9.90 Å². The summed E-state index contributed by atoms with van der Waals surface area (Å²) < 4.78 is 0. The number of hydrogen-bond donors (Lipinski definition) is 4. The molecule has 7 heteroatoms. The van der Waals surface area contributed by atoms with Crippen LogP contribution in [-0.2, 0) is 4.79 Å². The monoisotopic (exact) mass is 174 g/mol. The Hall–Kier alpha value is -1.24. The first kappa shape index (κ1) is 7.86. The minimum absolute atomic E-state index is 0.0142. The maximum absolute atomic E-state index is 10.3. The second-order valence-electron chi connectivity index (χ2n) is 1.82. The van der Waals surface area contributed by atoms with E-state index in [0.717, 1.165) is 0 Å². The molecule has 0 spiro atoms. The molecule has 0 amide bonds. The van der Waals surface area contributed by atoms with Crippen LogP contribution in [0, 0.1) is 0 Å². The minimum Gasteiger partial charge on any atom is -0.480 e. The van der Waals surface area contributed by atoms with E-state index in [1.165, 1.54) is 0 Å². The number of anilines is 1. The summed E-state index contributed by atoms with van der Waals surface area (Å²) in [6, 6.07) is 0. The molecular weight excluding hydrogens is 168 g/mol. The number of aliphatic carboxylic acids is 1. The van der Waals surface area contributed by atoms with E-state index in [1.807, 2.05) is 0 Å². The van der Waals surface area contributed by atoms with Gasteiger partial charge in [0.15, 0.2) is 11.1 Å². The highest BCUT2D eigenvalue weighted by molar-refractivity contribution is 7.81. The number of H-pyrrole nitrogens is 1. The van der Waals surface area contributed by atoms with Gasteiger partial charge in [0.1, 0.15) is 0 Å². The van der Waals surface area contributed by atoms with Crippen LogP contribution >= 0.6 is 12.6 Å². The van der Waals surface area contributed by atoms with Gasteiger partial charge in [-0.2, -0.15) is 17.6 Å². The van der Waals surface area contributed by atoms with E-state index in [9.17, 15) is 4.79 Å². The lowest BCUT2D eigenvalue weighted by Crippen LogP contribution is -2.06. The zero-order valence-corrected chi connectivity index (χ0v) is 6.25. The Bertz CT molecular complexity index is 273. The summed E-state index contributed by atoms with van der Waals surface area (Å²) in [5.74, 6) is -0.942. The highest BCUT2D eigenvalue weighted by atomic mass is 32.1. The maximum atomic E-state index is 10.3. The molecule has 0 saturated carbocycles. The number of carboxylic acids is 1.